The number of aromatic nitrogens is 3. The lowest BCUT2D eigenvalue weighted by molar-refractivity contribution is 0.157. The number of piperidine rings is 1. The highest BCUT2D eigenvalue weighted by Gasteiger charge is 2.27. The number of rotatable bonds is 2. The van der Waals surface area contributed by atoms with Crippen molar-refractivity contribution in [2.45, 2.75) is 37.7 Å². The maximum absolute atomic E-state index is 6.07. The zero-order chi connectivity index (χ0) is 13.4. The van der Waals surface area contributed by atoms with Crippen LogP contribution in [0.3, 0.4) is 0 Å². The lowest BCUT2D eigenvalue weighted by atomic mass is 9.98. The zero-order valence-corrected chi connectivity index (χ0v) is 12.1. The molecule has 2 unspecified atom stereocenters. The topological polar surface area (TPSA) is 34.0 Å². The van der Waals surface area contributed by atoms with Crippen LogP contribution >= 0.6 is 11.6 Å². The summed E-state index contributed by atoms with van der Waals surface area (Å²) in [5.41, 5.74) is 1.92. The number of pyridine rings is 1. The number of alkyl halides is 1. The second-order valence-electron chi connectivity index (χ2n) is 5.39. The number of hydrogen-bond acceptors (Lipinski definition) is 3. The second-order valence-corrected chi connectivity index (χ2v) is 5.65. The normalized spacial score (nSPS) is 25.0. The fourth-order valence-electron chi connectivity index (χ4n) is 2.95. The second kappa shape index (κ2) is 5.10. The van der Waals surface area contributed by atoms with Gasteiger partial charge in [-0.1, -0.05) is 0 Å². The molecule has 1 aliphatic rings. The van der Waals surface area contributed by atoms with Gasteiger partial charge in [-0.05, 0) is 38.9 Å². The third kappa shape index (κ3) is 2.23. The summed E-state index contributed by atoms with van der Waals surface area (Å²) in [5.74, 6) is 1.38. The molecule has 2 aromatic heterocycles. The predicted octanol–water partition coefficient (Wildman–Crippen LogP) is 2.83. The third-order valence-corrected chi connectivity index (χ3v) is 4.43. The molecule has 0 aromatic carbocycles. The van der Waals surface area contributed by atoms with Crippen molar-refractivity contribution >= 4 is 22.8 Å². The molecule has 2 atom stereocenters. The van der Waals surface area contributed by atoms with Gasteiger partial charge >= 0.3 is 0 Å². The standard InChI is InChI=1S/C14H19ClN4/c1-10-8-11(5-7-18(10)2)19-13(9-15)17-12-4-3-6-16-14(12)19/h3-4,6,10-11H,5,7-9H2,1-2H3. The van der Waals surface area contributed by atoms with Crippen molar-refractivity contribution in [3.05, 3.63) is 24.2 Å². The van der Waals surface area contributed by atoms with E-state index in [9.17, 15) is 0 Å². The van der Waals surface area contributed by atoms with Gasteiger partial charge in [0.15, 0.2) is 5.65 Å². The van der Waals surface area contributed by atoms with Gasteiger partial charge in [0, 0.05) is 24.8 Å². The highest BCUT2D eigenvalue weighted by atomic mass is 35.5. The molecular weight excluding hydrogens is 260 g/mol. The van der Waals surface area contributed by atoms with Gasteiger partial charge in [0.1, 0.15) is 11.3 Å². The largest absolute Gasteiger partial charge is 0.308 e. The van der Waals surface area contributed by atoms with E-state index in [1.807, 2.05) is 18.3 Å². The molecule has 3 heterocycles. The minimum atomic E-state index is 0.442. The van der Waals surface area contributed by atoms with E-state index >= 15 is 0 Å². The third-order valence-electron chi connectivity index (χ3n) is 4.19. The molecule has 0 spiro atoms. The molecule has 0 bridgehead atoms. The molecule has 1 saturated heterocycles. The Labute approximate surface area is 118 Å². The Morgan fingerprint density at radius 3 is 3.05 bits per heavy atom. The molecule has 0 N–H and O–H groups in total. The molecule has 4 nitrogen and oxygen atoms in total. The summed E-state index contributed by atoms with van der Waals surface area (Å²) in [4.78, 5) is 11.5. The highest BCUT2D eigenvalue weighted by Crippen LogP contribution is 2.30. The first-order valence-corrected chi connectivity index (χ1v) is 7.32. The van der Waals surface area contributed by atoms with Crippen LogP contribution in [-0.2, 0) is 5.88 Å². The van der Waals surface area contributed by atoms with Crippen molar-refractivity contribution in [3.8, 4) is 0 Å². The van der Waals surface area contributed by atoms with E-state index in [0.29, 0.717) is 18.0 Å². The van der Waals surface area contributed by atoms with E-state index in [-0.39, 0.29) is 0 Å². The van der Waals surface area contributed by atoms with Crippen molar-refractivity contribution in [3.63, 3.8) is 0 Å². The molecule has 0 saturated carbocycles. The van der Waals surface area contributed by atoms with Crippen LogP contribution in [-0.4, -0.2) is 39.1 Å². The van der Waals surface area contributed by atoms with Gasteiger partial charge in [-0.25, -0.2) is 9.97 Å². The average Bonchev–Trinajstić information content (AvgIpc) is 2.80. The summed E-state index contributed by atoms with van der Waals surface area (Å²) in [6.45, 7) is 3.39. The Hall–Kier alpha value is -1.13. The first-order chi connectivity index (χ1) is 9.20. The maximum Gasteiger partial charge on any atom is 0.160 e. The predicted molar refractivity (Wildman–Crippen MR) is 77.4 cm³/mol. The Bertz CT molecular complexity index is 580. The molecule has 1 fully saturated rings. The van der Waals surface area contributed by atoms with E-state index < -0.39 is 0 Å². The van der Waals surface area contributed by atoms with Crippen molar-refractivity contribution in [1.82, 2.24) is 19.4 Å². The van der Waals surface area contributed by atoms with Gasteiger partial charge < -0.3 is 9.47 Å². The number of hydrogen-bond donors (Lipinski definition) is 0. The molecule has 0 aliphatic carbocycles. The van der Waals surface area contributed by atoms with Gasteiger partial charge in [-0.3, -0.25) is 0 Å². The van der Waals surface area contributed by atoms with E-state index in [1.54, 1.807) is 0 Å². The number of fused-ring (bicyclic) bond motifs is 1. The van der Waals surface area contributed by atoms with Gasteiger partial charge in [-0.15, -0.1) is 11.6 Å². The van der Waals surface area contributed by atoms with Crippen LogP contribution in [0.5, 0.6) is 0 Å². The van der Waals surface area contributed by atoms with Crippen LogP contribution < -0.4 is 0 Å². The smallest absolute Gasteiger partial charge is 0.160 e. The average molecular weight is 279 g/mol. The molecular formula is C14H19ClN4. The number of nitrogens with zero attached hydrogens (tertiary/aromatic N) is 4. The quantitative estimate of drug-likeness (QED) is 0.792. The van der Waals surface area contributed by atoms with Crippen molar-refractivity contribution in [2.24, 2.45) is 0 Å². The Morgan fingerprint density at radius 2 is 2.32 bits per heavy atom. The SMILES string of the molecule is CC1CC(n2c(CCl)nc3cccnc32)CCN1C. The first-order valence-electron chi connectivity index (χ1n) is 6.78. The fraction of sp³-hybridized carbons (Fsp3) is 0.571. The van der Waals surface area contributed by atoms with Crippen molar-refractivity contribution in [2.75, 3.05) is 13.6 Å². The van der Waals surface area contributed by atoms with Crippen LogP contribution in [0.15, 0.2) is 18.3 Å². The first kappa shape index (κ1) is 12.9. The molecule has 1 aliphatic heterocycles. The number of halogens is 1. The monoisotopic (exact) mass is 278 g/mol. The van der Waals surface area contributed by atoms with Crippen LogP contribution in [0.1, 0.15) is 31.6 Å². The lowest BCUT2D eigenvalue weighted by Crippen LogP contribution is -2.38. The lowest BCUT2D eigenvalue weighted by Gasteiger charge is -2.36. The molecule has 3 rings (SSSR count). The number of likely N-dealkylation sites (tertiary alicyclic amines) is 1. The Morgan fingerprint density at radius 1 is 1.47 bits per heavy atom. The van der Waals surface area contributed by atoms with E-state index in [4.69, 9.17) is 11.6 Å². The zero-order valence-electron chi connectivity index (χ0n) is 11.4. The summed E-state index contributed by atoms with van der Waals surface area (Å²) in [7, 11) is 2.19. The van der Waals surface area contributed by atoms with Crippen LogP contribution in [0.2, 0.25) is 0 Å². The van der Waals surface area contributed by atoms with E-state index in [1.165, 1.54) is 0 Å². The number of imidazole rings is 1. The van der Waals surface area contributed by atoms with Gasteiger partial charge in [0.25, 0.3) is 0 Å². The van der Waals surface area contributed by atoms with Gasteiger partial charge in [0.2, 0.25) is 0 Å². The summed E-state index contributed by atoms with van der Waals surface area (Å²) >= 11 is 6.07. The van der Waals surface area contributed by atoms with Crippen molar-refractivity contribution in [1.29, 1.82) is 0 Å². The summed E-state index contributed by atoms with van der Waals surface area (Å²) in [6, 6.07) is 4.98. The molecule has 5 heteroatoms. The minimum Gasteiger partial charge on any atom is -0.308 e. The van der Waals surface area contributed by atoms with Gasteiger partial charge in [0.05, 0.1) is 5.88 Å². The van der Waals surface area contributed by atoms with Crippen LogP contribution in [0.4, 0.5) is 0 Å². The van der Waals surface area contributed by atoms with Gasteiger partial charge in [-0.2, -0.15) is 0 Å². The summed E-state index contributed by atoms with van der Waals surface area (Å²) < 4.78 is 2.26. The van der Waals surface area contributed by atoms with Crippen molar-refractivity contribution < 1.29 is 0 Å². The van der Waals surface area contributed by atoms with Crippen LogP contribution in [0.25, 0.3) is 11.2 Å². The van der Waals surface area contributed by atoms with E-state index in [0.717, 1.165) is 36.4 Å². The minimum absolute atomic E-state index is 0.442. The molecule has 0 radical (unpaired) electrons. The summed E-state index contributed by atoms with van der Waals surface area (Å²) in [6.07, 6.45) is 4.09. The maximum atomic E-state index is 6.07. The van der Waals surface area contributed by atoms with E-state index in [2.05, 4.69) is 33.4 Å². The fourth-order valence-corrected chi connectivity index (χ4v) is 3.14. The molecule has 2 aromatic rings. The van der Waals surface area contributed by atoms with Crippen LogP contribution in [0, 0.1) is 0 Å². The highest BCUT2D eigenvalue weighted by molar-refractivity contribution is 6.16. The Balaban J connectivity index is 2.03. The molecule has 19 heavy (non-hydrogen) atoms. The Kier molecular flexibility index (Phi) is 3.46. The summed E-state index contributed by atoms with van der Waals surface area (Å²) in [5, 5.41) is 0. The molecule has 0 amide bonds. The molecule has 102 valence electrons.